The van der Waals surface area contributed by atoms with Crippen LogP contribution < -0.4 is 14.8 Å². The number of aromatic nitrogens is 2. The monoisotopic (exact) mass is 289 g/mol. The highest BCUT2D eigenvalue weighted by Gasteiger charge is 2.18. The third-order valence-corrected chi connectivity index (χ3v) is 3.49. The van der Waals surface area contributed by atoms with Gasteiger partial charge in [-0.3, -0.25) is 4.68 Å². The minimum absolute atomic E-state index is 0.0808. The topological polar surface area (TPSA) is 48.3 Å². The van der Waals surface area contributed by atoms with Crippen molar-refractivity contribution in [2.75, 3.05) is 20.8 Å². The number of nitrogens with one attached hydrogen (secondary N) is 1. The van der Waals surface area contributed by atoms with Crippen LogP contribution in [-0.2, 0) is 6.54 Å². The predicted molar refractivity (Wildman–Crippen MR) is 83.0 cm³/mol. The molecule has 114 valence electrons. The molecule has 1 unspecified atom stereocenters. The van der Waals surface area contributed by atoms with Crippen molar-refractivity contribution in [3.63, 3.8) is 0 Å². The van der Waals surface area contributed by atoms with Crippen LogP contribution in [0, 0.1) is 0 Å². The molecule has 2 aromatic rings. The van der Waals surface area contributed by atoms with Crippen LogP contribution in [0.25, 0.3) is 0 Å². The van der Waals surface area contributed by atoms with Crippen LogP contribution in [-0.4, -0.2) is 30.5 Å². The highest BCUT2D eigenvalue weighted by atomic mass is 16.5. The van der Waals surface area contributed by atoms with Crippen LogP contribution in [0.1, 0.15) is 31.1 Å². The minimum atomic E-state index is 0.0808. The molecule has 0 aliphatic carbocycles. The number of hydrogen-bond donors (Lipinski definition) is 1. The van der Waals surface area contributed by atoms with Gasteiger partial charge in [-0.25, -0.2) is 0 Å². The standard InChI is InChI=1S/C16H23N3O2/c1-5-17-16(13-9-10-18-19(13)6-2)12-7-8-14(20-3)15(11-12)21-4/h7-11,16-17H,5-6H2,1-4H3. The highest BCUT2D eigenvalue weighted by molar-refractivity contribution is 5.45. The zero-order chi connectivity index (χ0) is 15.2. The molecule has 1 N–H and O–H groups in total. The lowest BCUT2D eigenvalue weighted by Crippen LogP contribution is -2.24. The molecule has 2 rings (SSSR count). The van der Waals surface area contributed by atoms with Crippen LogP contribution in [0.5, 0.6) is 11.5 Å². The molecule has 0 aliphatic heterocycles. The molecule has 0 saturated carbocycles. The van der Waals surface area contributed by atoms with Crippen LogP contribution in [0.15, 0.2) is 30.5 Å². The van der Waals surface area contributed by atoms with E-state index < -0.39 is 0 Å². The largest absolute Gasteiger partial charge is 0.493 e. The second kappa shape index (κ2) is 7.13. The molecule has 5 heteroatoms. The SMILES string of the molecule is CCNC(c1ccc(OC)c(OC)c1)c1ccnn1CC. The van der Waals surface area contributed by atoms with Crippen molar-refractivity contribution in [3.05, 3.63) is 41.7 Å². The van der Waals surface area contributed by atoms with Gasteiger partial charge in [0.15, 0.2) is 11.5 Å². The molecular weight excluding hydrogens is 266 g/mol. The Morgan fingerprint density at radius 3 is 2.52 bits per heavy atom. The minimum Gasteiger partial charge on any atom is -0.493 e. The van der Waals surface area contributed by atoms with Crippen LogP contribution in [0.4, 0.5) is 0 Å². The highest BCUT2D eigenvalue weighted by Crippen LogP contribution is 2.32. The maximum atomic E-state index is 5.40. The number of benzene rings is 1. The number of nitrogens with zero attached hydrogens (tertiary/aromatic N) is 2. The second-order valence-electron chi connectivity index (χ2n) is 4.68. The quantitative estimate of drug-likeness (QED) is 0.851. The number of hydrogen-bond acceptors (Lipinski definition) is 4. The molecule has 0 radical (unpaired) electrons. The van der Waals surface area contributed by atoms with Crippen molar-refractivity contribution >= 4 is 0 Å². The summed E-state index contributed by atoms with van der Waals surface area (Å²) in [5.74, 6) is 1.47. The van der Waals surface area contributed by atoms with Crippen LogP contribution in [0.2, 0.25) is 0 Å². The Morgan fingerprint density at radius 2 is 1.90 bits per heavy atom. The molecule has 0 saturated heterocycles. The summed E-state index contributed by atoms with van der Waals surface area (Å²) in [5.41, 5.74) is 2.27. The number of rotatable bonds is 7. The number of methoxy groups -OCH3 is 2. The Kier molecular flexibility index (Phi) is 5.22. The lowest BCUT2D eigenvalue weighted by molar-refractivity contribution is 0.354. The average Bonchev–Trinajstić information content (AvgIpc) is 3.00. The van der Waals surface area contributed by atoms with Gasteiger partial charge in [0.2, 0.25) is 0 Å². The Labute approximate surface area is 125 Å². The maximum absolute atomic E-state index is 5.40. The van der Waals surface area contributed by atoms with Gasteiger partial charge in [0, 0.05) is 12.7 Å². The van der Waals surface area contributed by atoms with E-state index in [0.717, 1.165) is 35.8 Å². The summed E-state index contributed by atoms with van der Waals surface area (Å²) in [6.45, 7) is 5.90. The Bertz CT molecular complexity index is 581. The second-order valence-corrected chi connectivity index (χ2v) is 4.68. The molecule has 0 fully saturated rings. The fraction of sp³-hybridized carbons (Fsp3) is 0.438. The lowest BCUT2D eigenvalue weighted by Gasteiger charge is -2.21. The molecule has 5 nitrogen and oxygen atoms in total. The molecule has 0 amide bonds. The van der Waals surface area contributed by atoms with Crippen LogP contribution >= 0.6 is 0 Å². The predicted octanol–water partition coefficient (Wildman–Crippen LogP) is 2.62. The van der Waals surface area contributed by atoms with Gasteiger partial charge in [-0.15, -0.1) is 0 Å². The first-order valence-corrected chi connectivity index (χ1v) is 7.22. The summed E-state index contributed by atoms with van der Waals surface area (Å²) < 4.78 is 12.7. The van der Waals surface area contributed by atoms with E-state index in [2.05, 4.69) is 30.3 Å². The molecule has 0 aliphatic rings. The van der Waals surface area contributed by atoms with E-state index in [1.165, 1.54) is 0 Å². The van der Waals surface area contributed by atoms with Crippen molar-refractivity contribution in [2.45, 2.75) is 26.4 Å². The number of aryl methyl sites for hydroxylation is 1. The van der Waals surface area contributed by atoms with Crippen molar-refractivity contribution in [3.8, 4) is 11.5 Å². The summed E-state index contributed by atoms with van der Waals surface area (Å²) in [6, 6.07) is 8.14. The molecule has 1 aromatic carbocycles. The smallest absolute Gasteiger partial charge is 0.161 e. The van der Waals surface area contributed by atoms with E-state index >= 15 is 0 Å². The number of ether oxygens (including phenoxy) is 2. The van der Waals surface area contributed by atoms with Crippen molar-refractivity contribution in [1.29, 1.82) is 0 Å². The van der Waals surface area contributed by atoms with E-state index in [-0.39, 0.29) is 6.04 Å². The van der Waals surface area contributed by atoms with Gasteiger partial charge in [0.1, 0.15) is 0 Å². The van der Waals surface area contributed by atoms with Crippen molar-refractivity contribution < 1.29 is 9.47 Å². The van der Waals surface area contributed by atoms with Crippen molar-refractivity contribution in [1.82, 2.24) is 15.1 Å². The zero-order valence-corrected chi connectivity index (χ0v) is 13.1. The molecule has 1 atom stereocenters. The summed E-state index contributed by atoms with van der Waals surface area (Å²) >= 11 is 0. The summed E-state index contributed by atoms with van der Waals surface area (Å²) in [5, 5.41) is 7.87. The molecular formula is C16H23N3O2. The molecule has 1 aromatic heterocycles. The third-order valence-electron chi connectivity index (χ3n) is 3.49. The first-order valence-electron chi connectivity index (χ1n) is 7.22. The van der Waals surface area contributed by atoms with E-state index in [1.54, 1.807) is 14.2 Å². The third kappa shape index (κ3) is 3.19. The van der Waals surface area contributed by atoms with Gasteiger partial charge >= 0.3 is 0 Å². The first kappa shape index (κ1) is 15.4. The first-order chi connectivity index (χ1) is 10.2. The molecule has 0 spiro atoms. The lowest BCUT2D eigenvalue weighted by atomic mass is 10.0. The van der Waals surface area contributed by atoms with Gasteiger partial charge in [0.05, 0.1) is 26.0 Å². The maximum Gasteiger partial charge on any atom is 0.161 e. The summed E-state index contributed by atoms with van der Waals surface area (Å²) in [7, 11) is 3.30. The molecule has 1 heterocycles. The molecule has 21 heavy (non-hydrogen) atoms. The van der Waals surface area contributed by atoms with Crippen LogP contribution in [0.3, 0.4) is 0 Å². The zero-order valence-electron chi connectivity index (χ0n) is 13.1. The normalized spacial score (nSPS) is 12.2. The van der Waals surface area contributed by atoms with Gasteiger partial charge < -0.3 is 14.8 Å². The van der Waals surface area contributed by atoms with Gasteiger partial charge in [-0.1, -0.05) is 13.0 Å². The summed E-state index contributed by atoms with van der Waals surface area (Å²) in [4.78, 5) is 0. The fourth-order valence-corrected chi connectivity index (χ4v) is 2.48. The van der Waals surface area contributed by atoms with Gasteiger partial charge in [-0.2, -0.15) is 5.10 Å². The van der Waals surface area contributed by atoms with E-state index in [4.69, 9.17) is 9.47 Å². The van der Waals surface area contributed by atoms with Gasteiger partial charge in [-0.05, 0) is 37.2 Å². The van der Waals surface area contributed by atoms with E-state index in [9.17, 15) is 0 Å². The Hall–Kier alpha value is -2.01. The fourth-order valence-electron chi connectivity index (χ4n) is 2.48. The van der Waals surface area contributed by atoms with Crippen molar-refractivity contribution in [2.24, 2.45) is 0 Å². The Morgan fingerprint density at radius 1 is 1.14 bits per heavy atom. The van der Waals surface area contributed by atoms with E-state index in [1.807, 2.05) is 29.1 Å². The van der Waals surface area contributed by atoms with Gasteiger partial charge in [0.25, 0.3) is 0 Å². The molecule has 0 bridgehead atoms. The average molecular weight is 289 g/mol. The van der Waals surface area contributed by atoms with E-state index in [0.29, 0.717) is 0 Å². The Balaban J connectivity index is 2.43. The summed E-state index contributed by atoms with van der Waals surface area (Å²) in [6.07, 6.45) is 1.84.